The van der Waals surface area contributed by atoms with Gasteiger partial charge in [0.25, 0.3) is 0 Å². The van der Waals surface area contributed by atoms with E-state index in [4.69, 9.17) is 4.74 Å². The second-order valence-electron chi connectivity index (χ2n) is 7.85. The van der Waals surface area contributed by atoms with Crippen LogP contribution in [-0.4, -0.2) is 76.2 Å². The molecule has 1 aromatic heterocycles. The second kappa shape index (κ2) is 8.10. The summed E-state index contributed by atoms with van der Waals surface area (Å²) in [6.07, 6.45) is 0.786. The van der Waals surface area contributed by atoms with Gasteiger partial charge in [0.15, 0.2) is 0 Å². The third kappa shape index (κ3) is 4.24. The van der Waals surface area contributed by atoms with E-state index in [2.05, 4.69) is 52.2 Å². The average Bonchev–Trinajstić information content (AvgIpc) is 3.14. The van der Waals surface area contributed by atoms with Crippen LogP contribution in [0.4, 0.5) is 0 Å². The van der Waals surface area contributed by atoms with Crippen molar-refractivity contribution in [2.45, 2.75) is 39.0 Å². The molecule has 6 heteroatoms. The number of nitrogens with zero attached hydrogens (tertiary/aromatic N) is 4. The van der Waals surface area contributed by atoms with Crippen LogP contribution in [0.25, 0.3) is 5.69 Å². The lowest BCUT2D eigenvalue weighted by molar-refractivity contribution is 0.0837. The molecule has 0 aliphatic carbocycles. The fourth-order valence-corrected chi connectivity index (χ4v) is 4.30. The van der Waals surface area contributed by atoms with E-state index < -0.39 is 0 Å². The first-order chi connectivity index (χ1) is 13.1. The molecule has 6 nitrogen and oxygen atoms in total. The van der Waals surface area contributed by atoms with Crippen molar-refractivity contribution in [3.63, 3.8) is 0 Å². The first-order valence-corrected chi connectivity index (χ1v) is 9.95. The van der Waals surface area contributed by atoms with Crippen LogP contribution in [0.1, 0.15) is 23.4 Å². The van der Waals surface area contributed by atoms with E-state index >= 15 is 0 Å². The molecule has 2 unspecified atom stereocenters. The Morgan fingerprint density at radius 2 is 2.00 bits per heavy atom. The van der Waals surface area contributed by atoms with Gasteiger partial charge >= 0.3 is 0 Å². The van der Waals surface area contributed by atoms with Gasteiger partial charge in [0, 0.05) is 25.3 Å². The topological polar surface area (TPSA) is 53.8 Å². The minimum absolute atomic E-state index is 0.166. The molecule has 1 N–H and O–H groups in total. The van der Waals surface area contributed by atoms with Gasteiger partial charge in [-0.15, -0.1) is 0 Å². The van der Waals surface area contributed by atoms with Crippen LogP contribution in [0.3, 0.4) is 0 Å². The van der Waals surface area contributed by atoms with E-state index in [1.807, 2.05) is 11.6 Å². The van der Waals surface area contributed by atoms with Gasteiger partial charge in [0.2, 0.25) is 0 Å². The Hall–Kier alpha value is -1.73. The molecule has 27 heavy (non-hydrogen) atoms. The number of aryl methyl sites for hydroxylation is 2. The molecule has 2 aliphatic rings. The smallest absolute Gasteiger partial charge is 0.0950 e. The molecule has 0 saturated carbocycles. The number of hydrogen-bond donors (Lipinski definition) is 1. The van der Waals surface area contributed by atoms with Crippen LogP contribution < -0.4 is 0 Å². The summed E-state index contributed by atoms with van der Waals surface area (Å²) >= 11 is 0. The zero-order valence-corrected chi connectivity index (χ0v) is 16.3. The largest absolute Gasteiger partial charge is 0.389 e. The van der Waals surface area contributed by atoms with Crippen LogP contribution in [0, 0.1) is 13.8 Å². The number of rotatable bonds is 4. The maximum Gasteiger partial charge on any atom is 0.0950 e. The average molecular weight is 370 g/mol. The molecule has 1 aromatic carbocycles. The lowest BCUT2D eigenvalue weighted by Gasteiger charge is -2.28. The van der Waals surface area contributed by atoms with Gasteiger partial charge in [-0.1, -0.05) is 12.1 Å². The summed E-state index contributed by atoms with van der Waals surface area (Å²) in [6, 6.07) is 11.0. The molecule has 0 amide bonds. The highest BCUT2D eigenvalue weighted by Crippen LogP contribution is 2.18. The van der Waals surface area contributed by atoms with Crippen molar-refractivity contribution < 1.29 is 9.84 Å². The first-order valence-electron chi connectivity index (χ1n) is 9.95. The maximum atomic E-state index is 10.1. The molecule has 0 bridgehead atoms. The molecule has 3 heterocycles. The van der Waals surface area contributed by atoms with Crippen molar-refractivity contribution in [2.75, 3.05) is 39.4 Å². The number of aliphatic hydroxyl groups is 1. The van der Waals surface area contributed by atoms with Crippen LogP contribution in [0.2, 0.25) is 0 Å². The molecule has 4 rings (SSSR count). The SMILES string of the molecule is Cc1cc(C)n(-c2cccc(CN3CCCN(C4COCC4O)CC3)c2)n1. The van der Waals surface area contributed by atoms with E-state index in [0.29, 0.717) is 13.2 Å². The molecule has 2 aromatic rings. The van der Waals surface area contributed by atoms with Crippen LogP contribution in [-0.2, 0) is 11.3 Å². The minimum atomic E-state index is -0.339. The zero-order chi connectivity index (χ0) is 18.8. The Labute approximate surface area is 161 Å². The summed E-state index contributed by atoms with van der Waals surface area (Å²) < 4.78 is 7.46. The highest BCUT2D eigenvalue weighted by molar-refractivity contribution is 5.37. The third-order valence-electron chi connectivity index (χ3n) is 5.68. The van der Waals surface area contributed by atoms with Gasteiger partial charge in [0.05, 0.1) is 36.7 Å². The van der Waals surface area contributed by atoms with Gasteiger partial charge in [-0.25, -0.2) is 4.68 Å². The van der Waals surface area contributed by atoms with Gasteiger partial charge in [-0.05, 0) is 57.1 Å². The Morgan fingerprint density at radius 1 is 1.11 bits per heavy atom. The van der Waals surface area contributed by atoms with Crippen molar-refractivity contribution >= 4 is 0 Å². The Bertz CT molecular complexity index is 775. The molecule has 0 radical (unpaired) electrons. The van der Waals surface area contributed by atoms with E-state index in [-0.39, 0.29) is 12.1 Å². The van der Waals surface area contributed by atoms with Crippen LogP contribution >= 0.6 is 0 Å². The summed E-state index contributed by atoms with van der Waals surface area (Å²) in [7, 11) is 0. The summed E-state index contributed by atoms with van der Waals surface area (Å²) in [5.74, 6) is 0. The van der Waals surface area contributed by atoms with Crippen molar-refractivity contribution in [1.82, 2.24) is 19.6 Å². The predicted molar refractivity (Wildman–Crippen MR) is 105 cm³/mol. The van der Waals surface area contributed by atoms with Crippen LogP contribution in [0.15, 0.2) is 30.3 Å². The third-order valence-corrected chi connectivity index (χ3v) is 5.68. The number of aromatic nitrogens is 2. The van der Waals surface area contributed by atoms with E-state index in [9.17, 15) is 5.11 Å². The lowest BCUT2D eigenvalue weighted by Crippen LogP contribution is -2.44. The highest BCUT2D eigenvalue weighted by atomic mass is 16.5. The Kier molecular flexibility index (Phi) is 5.59. The number of aliphatic hydroxyl groups excluding tert-OH is 1. The monoisotopic (exact) mass is 370 g/mol. The summed E-state index contributed by atoms with van der Waals surface area (Å²) in [4.78, 5) is 4.92. The molecular weight excluding hydrogens is 340 g/mol. The fraction of sp³-hybridized carbons (Fsp3) is 0.571. The summed E-state index contributed by atoms with van der Waals surface area (Å²) in [6.45, 7) is 10.3. The quantitative estimate of drug-likeness (QED) is 0.889. The standard InChI is InChI=1S/C21H30N4O2/c1-16-11-17(2)25(22-16)19-6-3-5-18(12-19)13-23-7-4-8-24(10-9-23)20-14-27-15-21(20)26/h3,5-6,11-12,20-21,26H,4,7-10,13-15H2,1-2H3. The second-order valence-corrected chi connectivity index (χ2v) is 7.85. The summed E-state index contributed by atoms with van der Waals surface area (Å²) in [5, 5.41) is 14.7. The zero-order valence-electron chi connectivity index (χ0n) is 16.3. The molecule has 2 atom stereocenters. The van der Waals surface area contributed by atoms with E-state index in [1.54, 1.807) is 0 Å². The van der Waals surface area contributed by atoms with Crippen molar-refractivity contribution in [2.24, 2.45) is 0 Å². The van der Waals surface area contributed by atoms with E-state index in [0.717, 1.165) is 56.2 Å². The van der Waals surface area contributed by atoms with Crippen molar-refractivity contribution in [3.05, 3.63) is 47.3 Å². The Morgan fingerprint density at radius 3 is 2.74 bits per heavy atom. The maximum absolute atomic E-state index is 10.1. The van der Waals surface area contributed by atoms with Gasteiger partial charge in [0.1, 0.15) is 0 Å². The summed E-state index contributed by atoms with van der Waals surface area (Å²) in [5.41, 5.74) is 4.65. The number of hydrogen-bond acceptors (Lipinski definition) is 5. The Balaban J connectivity index is 1.41. The van der Waals surface area contributed by atoms with Gasteiger partial charge < -0.3 is 9.84 Å². The molecule has 146 valence electrons. The molecule has 0 spiro atoms. The van der Waals surface area contributed by atoms with Gasteiger partial charge in [-0.2, -0.15) is 5.10 Å². The number of benzene rings is 1. The normalized spacial score (nSPS) is 25.0. The number of ether oxygens (including phenoxy) is 1. The van der Waals surface area contributed by atoms with Crippen molar-refractivity contribution in [3.8, 4) is 5.69 Å². The molecule has 2 aliphatic heterocycles. The lowest BCUT2D eigenvalue weighted by atomic mass is 10.1. The van der Waals surface area contributed by atoms with Gasteiger partial charge in [-0.3, -0.25) is 9.80 Å². The van der Waals surface area contributed by atoms with E-state index in [1.165, 1.54) is 5.56 Å². The fourth-order valence-electron chi connectivity index (χ4n) is 4.30. The molecule has 2 fully saturated rings. The van der Waals surface area contributed by atoms with Crippen molar-refractivity contribution in [1.29, 1.82) is 0 Å². The molecular formula is C21H30N4O2. The van der Waals surface area contributed by atoms with Crippen LogP contribution in [0.5, 0.6) is 0 Å². The minimum Gasteiger partial charge on any atom is -0.389 e. The first kappa shape index (κ1) is 18.6. The molecule has 2 saturated heterocycles. The predicted octanol–water partition coefficient (Wildman–Crippen LogP) is 1.76. The highest BCUT2D eigenvalue weighted by Gasteiger charge is 2.32.